The Kier molecular flexibility index (Phi) is 6.86. The molecule has 0 aliphatic heterocycles. The summed E-state index contributed by atoms with van der Waals surface area (Å²) < 4.78 is 6.51. The maximum Gasteiger partial charge on any atom is 0.159 e. The highest BCUT2D eigenvalue weighted by atomic mass is 16.3. The molecule has 2 heteroatoms. The first-order chi connectivity index (χ1) is 24.3. The molecule has 0 saturated heterocycles. The summed E-state index contributed by atoms with van der Waals surface area (Å²) in [6.07, 6.45) is 0. The van der Waals surface area contributed by atoms with Gasteiger partial charge in [-0.15, -0.1) is 0 Å². The van der Waals surface area contributed by atoms with E-state index in [4.69, 9.17) is 4.42 Å². The summed E-state index contributed by atoms with van der Waals surface area (Å²) in [6.45, 7) is 9.64. The van der Waals surface area contributed by atoms with Gasteiger partial charge in [0, 0.05) is 22.1 Å². The van der Waals surface area contributed by atoms with Crippen LogP contribution in [0.5, 0.6) is 0 Å². The van der Waals surface area contributed by atoms with Crippen molar-refractivity contribution in [2.24, 2.45) is 0 Å². The molecule has 8 aromatic rings. The second-order valence-corrected chi connectivity index (χ2v) is 14.6. The minimum atomic E-state index is -0.0873. The minimum absolute atomic E-state index is 0.0730. The van der Waals surface area contributed by atoms with Crippen molar-refractivity contribution in [3.8, 4) is 33.4 Å². The first kappa shape index (κ1) is 30.2. The van der Waals surface area contributed by atoms with Crippen LogP contribution in [0.25, 0.3) is 55.3 Å². The van der Waals surface area contributed by atoms with Crippen molar-refractivity contribution in [2.75, 3.05) is 4.90 Å². The average Bonchev–Trinajstić information content (AvgIpc) is 3.55. The quantitative estimate of drug-likeness (QED) is 0.185. The fourth-order valence-corrected chi connectivity index (χ4v) is 8.07. The Morgan fingerprint density at radius 3 is 1.84 bits per heavy atom. The summed E-state index contributed by atoms with van der Waals surface area (Å²) in [5.74, 6) is 0. The van der Waals surface area contributed by atoms with E-state index >= 15 is 0 Å². The number of rotatable bonds is 5. The van der Waals surface area contributed by atoms with Gasteiger partial charge in [0.15, 0.2) is 5.58 Å². The van der Waals surface area contributed by atoms with Gasteiger partial charge in [0.1, 0.15) is 5.58 Å². The Balaban J connectivity index is 1.16. The van der Waals surface area contributed by atoms with Gasteiger partial charge in [0.2, 0.25) is 0 Å². The molecule has 1 heterocycles. The Morgan fingerprint density at radius 2 is 1.06 bits per heavy atom. The zero-order valence-electron chi connectivity index (χ0n) is 28.9. The number of fused-ring (bicyclic) bond motifs is 6. The molecule has 1 aliphatic rings. The summed E-state index contributed by atoms with van der Waals surface area (Å²) in [5, 5.41) is 2.25. The Bertz CT molecular complexity index is 2520. The highest BCUT2D eigenvalue weighted by Crippen LogP contribution is 2.56. The van der Waals surface area contributed by atoms with Crippen LogP contribution < -0.4 is 4.90 Å². The second-order valence-electron chi connectivity index (χ2n) is 14.6. The van der Waals surface area contributed by atoms with Gasteiger partial charge in [-0.05, 0) is 97.8 Å². The fraction of sp³-hybridized carbons (Fsp3) is 0.125. The Morgan fingerprint density at radius 1 is 0.440 bits per heavy atom. The molecule has 1 aromatic heterocycles. The van der Waals surface area contributed by atoms with E-state index in [2.05, 4.69) is 184 Å². The van der Waals surface area contributed by atoms with Crippen LogP contribution in [0, 0.1) is 0 Å². The van der Waals surface area contributed by atoms with E-state index in [0.29, 0.717) is 0 Å². The topological polar surface area (TPSA) is 16.4 Å². The number of nitrogens with zero attached hydrogens (tertiary/aromatic N) is 1. The van der Waals surface area contributed by atoms with Crippen LogP contribution in [0.15, 0.2) is 168 Å². The first-order valence-corrected chi connectivity index (χ1v) is 17.5. The molecule has 0 N–H and O–H groups in total. The Labute approximate surface area is 294 Å². The number of para-hydroxylation sites is 3. The molecule has 0 unspecified atom stereocenters. The lowest BCUT2D eigenvalue weighted by Gasteiger charge is -2.49. The standard InChI is InChI=1S/C48H39NO/c1-47(2)41-22-13-20-37(33-15-7-5-8-16-33)45(41)40-30-27-34(31-42(40)48(47,3)4)32-25-28-36(29-26-32)49(35-17-9-6-10-18-35)43-23-14-21-39-38-19-11-12-24-44(38)50-46(39)43/h5-31H,1-4H3. The lowest BCUT2D eigenvalue weighted by molar-refractivity contribution is 0.299. The fourth-order valence-electron chi connectivity index (χ4n) is 8.07. The average molecular weight is 646 g/mol. The van der Waals surface area contributed by atoms with Crippen LogP contribution in [0.4, 0.5) is 17.1 Å². The second kappa shape index (κ2) is 11.4. The molecule has 0 fully saturated rings. The largest absolute Gasteiger partial charge is 0.454 e. The molecular formula is C48H39NO. The maximum atomic E-state index is 6.51. The summed E-state index contributed by atoms with van der Waals surface area (Å²) in [5.41, 5.74) is 15.3. The summed E-state index contributed by atoms with van der Waals surface area (Å²) >= 11 is 0. The van der Waals surface area contributed by atoms with E-state index in [-0.39, 0.29) is 10.8 Å². The highest BCUT2D eigenvalue weighted by molar-refractivity contribution is 6.10. The van der Waals surface area contributed by atoms with Gasteiger partial charge in [-0.1, -0.05) is 149 Å². The van der Waals surface area contributed by atoms with Crippen molar-refractivity contribution < 1.29 is 4.42 Å². The molecule has 9 rings (SSSR count). The number of hydrogen-bond donors (Lipinski definition) is 0. The van der Waals surface area contributed by atoms with Crippen molar-refractivity contribution in [3.05, 3.63) is 175 Å². The third-order valence-corrected chi connectivity index (χ3v) is 11.4. The van der Waals surface area contributed by atoms with Crippen LogP contribution in [-0.2, 0) is 10.8 Å². The molecule has 0 amide bonds. The van der Waals surface area contributed by atoms with E-state index < -0.39 is 0 Å². The van der Waals surface area contributed by atoms with Gasteiger partial charge in [-0.25, -0.2) is 0 Å². The predicted molar refractivity (Wildman–Crippen MR) is 211 cm³/mol. The zero-order valence-corrected chi connectivity index (χ0v) is 28.9. The molecule has 50 heavy (non-hydrogen) atoms. The van der Waals surface area contributed by atoms with Crippen LogP contribution in [0.1, 0.15) is 38.8 Å². The van der Waals surface area contributed by atoms with Gasteiger partial charge in [0.05, 0.1) is 5.69 Å². The molecular weight excluding hydrogens is 607 g/mol. The summed E-state index contributed by atoms with van der Waals surface area (Å²) in [6, 6.07) is 59.0. The van der Waals surface area contributed by atoms with Crippen molar-refractivity contribution in [2.45, 2.75) is 38.5 Å². The van der Waals surface area contributed by atoms with Crippen molar-refractivity contribution >= 4 is 39.0 Å². The molecule has 2 nitrogen and oxygen atoms in total. The van der Waals surface area contributed by atoms with E-state index in [1.54, 1.807) is 0 Å². The normalized spacial score (nSPS) is 14.3. The third kappa shape index (κ3) is 4.55. The van der Waals surface area contributed by atoms with Crippen LogP contribution in [0.3, 0.4) is 0 Å². The summed E-state index contributed by atoms with van der Waals surface area (Å²) in [4.78, 5) is 2.30. The monoisotopic (exact) mass is 645 g/mol. The van der Waals surface area contributed by atoms with Crippen LogP contribution >= 0.6 is 0 Å². The summed E-state index contributed by atoms with van der Waals surface area (Å²) in [7, 11) is 0. The third-order valence-electron chi connectivity index (χ3n) is 11.4. The lowest BCUT2D eigenvalue weighted by atomic mass is 9.54. The smallest absolute Gasteiger partial charge is 0.159 e. The highest BCUT2D eigenvalue weighted by Gasteiger charge is 2.46. The molecule has 0 spiro atoms. The molecule has 0 atom stereocenters. The van der Waals surface area contributed by atoms with E-state index in [1.807, 2.05) is 12.1 Å². The van der Waals surface area contributed by atoms with Gasteiger partial charge in [0.25, 0.3) is 0 Å². The van der Waals surface area contributed by atoms with Gasteiger partial charge < -0.3 is 9.32 Å². The number of hydrogen-bond acceptors (Lipinski definition) is 2. The van der Waals surface area contributed by atoms with Gasteiger partial charge in [-0.2, -0.15) is 0 Å². The molecule has 242 valence electrons. The van der Waals surface area contributed by atoms with E-state index in [1.165, 1.54) is 44.5 Å². The molecule has 1 aliphatic carbocycles. The molecule has 7 aromatic carbocycles. The van der Waals surface area contributed by atoms with Crippen LogP contribution in [-0.4, -0.2) is 0 Å². The van der Waals surface area contributed by atoms with Crippen molar-refractivity contribution in [1.82, 2.24) is 0 Å². The van der Waals surface area contributed by atoms with Gasteiger partial charge in [-0.3, -0.25) is 0 Å². The predicted octanol–water partition coefficient (Wildman–Crippen LogP) is 13.6. The van der Waals surface area contributed by atoms with Crippen molar-refractivity contribution in [3.63, 3.8) is 0 Å². The number of benzene rings is 7. The van der Waals surface area contributed by atoms with Crippen LogP contribution in [0.2, 0.25) is 0 Å². The maximum absolute atomic E-state index is 6.51. The van der Waals surface area contributed by atoms with E-state index in [0.717, 1.165) is 39.0 Å². The lowest BCUT2D eigenvalue weighted by Crippen LogP contribution is -2.43. The van der Waals surface area contributed by atoms with E-state index in [9.17, 15) is 0 Å². The molecule has 0 radical (unpaired) electrons. The van der Waals surface area contributed by atoms with Gasteiger partial charge >= 0.3 is 0 Å². The zero-order chi connectivity index (χ0) is 34.0. The minimum Gasteiger partial charge on any atom is -0.454 e. The Hall–Kier alpha value is -5.86. The molecule has 0 saturated carbocycles. The number of anilines is 3. The first-order valence-electron chi connectivity index (χ1n) is 17.5. The van der Waals surface area contributed by atoms with Crippen molar-refractivity contribution in [1.29, 1.82) is 0 Å². The number of furan rings is 1. The SMILES string of the molecule is CC1(C)c2cc(-c3ccc(N(c4ccccc4)c4cccc5c4oc4ccccc45)cc3)ccc2-c2c(-c3ccccc3)cccc2C1(C)C. The molecule has 0 bridgehead atoms.